The highest BCUT2D eigenvalue weighted by molar-refractivity contribution is 6.31. The van der Waals surface area contributed by atoms with Crippen LogP contribution in [-0.4, -0.2) is 0 Å². The van der Waals surface area contributed by atoms with Gasteiger partial charge in [0.05, 0.1) is 0 Å². The van der Waals surface area contributed by atoms with Crippen LogP contribution in [0.4, 0.5) is 34.1 Å². The van der Waals surface area contributed by atoms with Crippen LogP contribution in [0.3, 0.4) is 0 Å². The van der Waals surface area contributed by atoms with Crippen molar-refractivity contribution in [1.29, 1.82) is 0 Å². The monoisotopic (exact) mass is 519 g/mol. The van der Waals surface area contributed by atoms with E-state index in [4.69, 9.17) is 15.7 Å². The first-order valence-electron chi connectivity index (χ1n) is 14.2. The normalized spacial score (nSPS) is 12.8. The number of hydrogen-bond donors (Lipinski definition) is 0. The fourth-order valence-corrected chi connectivity index (χ4v) is 4.86. The van der Waals surface area contributed by atoms with Gasteiger partial charge in [-0.1, -0.05) is 87.0 Å². The van der Waals surface area contributed by atoms with Gasteiger partial charge in [0.2, 0.25) is 0 Å². The quantitative estimate of drug-likeness (QED) is 0.220. The van der Waals surface area contributed by atoms with Crippen LogP contribution in [0.5, 0.6) is 0 Å². The standard InChI is InChI=1S/C35H33ClN2/c1-26-22-28(36)24-34(23-26)38(31-20-18-27(19-21-31)35(2,3)4)33-17-11-16-32(25-33)37(29-12-7-5-8-13-29)30-14-9-6-10-15-30/h5-25H,1-4H3/i1D3. The molecular formula is C35H33ClN2. The topological polar surface area (TPSA) is 6.48 Å². The second-order valence-electron chi connectivity index (χ2n) is 10.4. The predicted octanol–water partition coefficient (Wildman–Crippen LogP) is 10.9. The van der Waals surface area contributed by atoms with Crippen LogP contribution in [0.1, 0.15) is 36.0 Å². The molecule has 0 fully saturated rings. The second-order valence-corrected chi connectivity index (χ2v) is 10.8. The molecule has 0 aromatic heterocycles. The lowest BCUT2D eigenvalue weighted by atomic mass is 9.87. The molecule has 5 aromatic carbocycles. The number of halogens is 1. The molecule has 0 bridgehead atoms. The average molecular weight is 520 g/mol. The minimum absolute atomic E-state index is 0.000368. The van der Waals surface area contributed by atoms with Crippen molar-refractivity contribution < 1.29 is 4.11 Å². The zero-order valence-corrected chi connectivity index (χ0v) is 22.7. The summed E-state index contributed by atoms with van der Waals surface area (Å²) >= 11 is 6.52. The number of aryl methyl sites for hydroxylation is 1. The van der Waals surface area contributed by atoms with Crippen LogP contribution >= 0.6 is 11.6 Å². The third-order valence-corrected chi connectivity index (χ3v) is 6.73. The number of nitrogens with zero attached hydrogens (tertiary/aromatic N) is 2. The zero-order valence-electron chi connectivity index (χ0n) is 24.9. The van der Waals surface area contributed by atoms with E-state index in [2.05, 4.69) is 91.2 Å². The Bertz CT molecular complexity index is 1570. The summed E-state index contributed by atoms with van der Waals surface area (Å²) in [5, 5.41) is 0.372. The molecule has 0 amide bonds. The first-order valence-corrected chi connectivity index (χ1v) is 13.1. The van der Waals surface area contributed by atoms with Crippen LogP contribution in [0.15, 0.2) is 127 Å². The smallest absolute Gasteiger partial charge is 0.0482 e. The van der Waals surface area contributed by atoms with E-state index in [0.717, 1.165) is 28.4 Å². The summed E-state index contributed by atoms with van der Waals surface area (Å²) in [6.45, 7) is 4.26. The first kappa shape index (κ1) is 22.0. The molecule has 0 N–H and O–H groups in total. The van der Waals surface area contributed by atoms with Crippen molar-refractivity contribution in [1.82, 2.24) is 0 Å². The van der Waals surface area contributed by atoms with Gasteiger partial charge in [0.25, 0.3) is 0 Å². The third-order valence-electron chi connectivity index (χ3n) is 6.51. The highest BCUT2D eigenvalue weighted by Gasteiger charge is 2.19. The summed E-state index contributed by atoms with van der Waals surface area (Å²) in [5.41, 5.74) is 6.89. The maximum Gasteiger partial charge on any atom is 0.0482 e. The van der Waals surface area contributed by atoms with Crippen molar-refractivity contribution in [3.63, 3.8) is 0 Å². The number of anilines is 6. The maximum absolute atomic E-state index is 8.04. The van der Waals surface area contributed by atoms with Crippen LogP contribution in [0.2, 0.25) is 5.02 Å². The molecule has 5 rings (SSSR count). The van der Waals surface area contributed by atoms with Crippen molar-refractivity contribution in [2.75, 3.05) is 9.80 Å². The van der Waals surface area contributed by atoms with Gasteiger partial charge in [-0.15, -0.1) is 0 Å². The van der Waals surface area contributed by atoms with Gasteiger partial charge in [0.15, 0.2) is 0 Å². The molecule has 0 spiro atoms. The van der Waals surface area contributed by atoms with Crippen molar-refractivity contribution in [2.24, 2.45) is 0 Å². The predicted molar refractivity (Wildman–Crippen MR) is 164 cm³/mol. The molecule has 2 nitrogen and oxygen atoms in total. The Balaban J connectivity index is 1.69. The van der Waals surface area contributed by atoms with E-state index in [-0.39, 0.29) is 11.0 Å². The molecule has 0 aliphatic heterocycles. The summed E-state index contributed by atoms with van der Waals surface area (Å²) in [6, 6.07) is 42.2. The van der Waals surface area contributed by atoms with Gasteiger partial charge in [-0.25, -0.2) is 0 Å². The summed E-state index contributed by atoms with van der Waals surface area (Å²) < 4.78 is 24.1. The van der Waals surface area contributed by atoms with Crippen LogP contribution in [0, 0.1) is 6.85 Å². The summed E-state index contributed by atoms with van der Waals surface area (Å²) in [6.07, 6.45) is 0. The van der Waals surface area contributed by atoms with Gasteiger partial charge in [0.1, 0.15) is 0 Å². The fraction of sp³-hybridized carbons (Fsp3) is 0.143. The van der Waals surface area contributed by atoms with Crippen LogP contribution < -0.4 is 9.80 Å². The van der Waals surface area contributed by atoms with E-state index < -0.39 is 6.85 Å². The molecule has 0 atom stereocenters. The summed E-state index contributed by atoms with van der Waals surface area (Å²) in [4.78, 5) is 4.27. The Morgan fingerprint density at radius 1 is 0.526 bits per heavy atom. The highest BCUT2D eigenvalue weighted by atomic mass is 35.5. The van der Waals surface area contributed by atoms with Gasteiger partial charge in [-0.3, -0.25) is 0 Å². The van der Waals surface area contributed by atoms with E-state index in [9.17, 15) is 0 Å². The largest absolute Gasteiger partial charge is 0.310 e. The molecule has 0 saturated heterocycles. The van der Waals surface area contributed by atoms with Crippen LogP contribution in [0.25, 0.3) is 0 Å². The molecular weight excluding hydrogens is 484 g/mol. The molecule has 0 aliphatic rings. The molecule has 0 saturated carbocycles. The SMILES string of the molecule is [2H]C([2H])([2H])c1cc(Cl)cc(N(c2ccc(C(C)(C)C)cc2)c2cccc(N(c3ccccc3)c3ccccc3)c2)c1. The summed E-state index contributed by atoms with van der Waals surface area (Å²) in [5.74, 6) is 0. The van der Waals surface area contributed by atoms with Crippen molar-refractivity contribution in [3.8, 4) is 0 Å². The minimum Gasteiger partial charge on any atom is -0.310 e. The van der Waals surface area contributed by atoms with Gasteiger partial charge >= 0.3 is 0 Å². The lowest BCUT2D eigenvalue weighted by Crippen LogP contribution is -2.14. The molecule has 0 aliphatic carbocycles. The van der Waals surface area contributed by atoms with E-state index in [1.165, 1.54) is 11.6 Å². The molecule has 190 valence electrons. The van der Waals surface area contributed by atoms with Crippen molar-refractivity contribution in [2.45, 2.75) is 33.0 Å². The molecule has 38 heavy (non-hydrogen) atoms. The molecule has 5 aromatic rings. The van der Waals surface area contributed by atoms with Gasteiger partial charge in [-0.2, -0.15) is 0 Å². The van der Waals surface area contributed by atoms with E-state index >= 15 is 0 Å². The third kappa shape index (κ3) is 5.61. The molecule has 3 heteroatoms. The first-order chi connectivity index (χ1) is 19.5. The average Bonchev–Trinajstić information content (AvgIpc) is 2.94. The Kier molecular flexibility index (Phi) is 6.24. The van der Waals surface area contributed by atoms with Gasteiger partial charge in [-0.05, 0) is 96.2 Å². The van der Waals surface area contributed by atoms with Crippen LogP contribution in [-0.2, 0) is 5.41 Å². The fourth-order valence-electron chi connectivity index (χ4n) is 4.63. The van der Waals surface area contributed by atoms with E-state index in [1.54, 1.807) is 6.07 Å². The second kappa shape index (κ2) is 10.8. The number of para-hydroxylation sites is 2. The summed E-state index contributed by atoms with van der Waals surface area (Å²) in [7, 11) is 0. The van der Waals surface area contributed by atoms with Gasteiger partial charge < -0.3 is 9.80 Å². The Labute approximate surface area is 236 Å². The lowest BCUT2D eigenvalue weighted by Gasteiger charge is -2.30. The Morgan fingerprint density at radius 3 is 1.55 bits per heavy atom. The Hall–Kier alpha value is -4.01. The zero-order chi connectivity index (χ0) is 29.2. The lowest BCUT2D eigenvalue weighted by molar-refractivity contribution is 0.590. The number of hydrogen-bond acceptors (Lipinski definition) is 2. The molecule has 0 heterocycles. The van der Waals surface area contributed by atoms with Crippen molar-refractivity contribution >= 4 is 45.7 Å². The van der Waals surface area contributed by atoms with E-state index in [1.807, 2.05) is 54.6 Å². The number of benzene rings is 5. The number of rotatable bonds is 6. The molecule has 0 unspecified atom stereocenters. The Morgan fingerprint density at radius 2 is 1.03 bits per heavy atom. The minimum atomic E-state index is -2.29. The van der Waals surface area contributed by atoms with E-state index in [0.29, 0.717) is 10.7 Å². The van der Waals surface area contributed by atoms with Crippen molar-refractivity contribution in [3.05, 3.63) is 144 Å². The highest BCUT2D eigenvalue weighted by Crippen LogP contribution is 2.41. The van der Waals surface area contributed by atoms with Gasteiger partial charge in [0, 0.05) is 43.3 Å². The maximum atomic E-state index is 8.04. The molecule has 0 radical (unpaired) electrons.